The second-order valence-corrected chi connectivity index (χ2v) is 5.05. The minimum absolute atomic E-state index is 0.0808. The van der Waals surface area contributed by atoms with Crippen molar-refractivity contribution in [3.63, 3.8) is 0 Å². The fourth-order valence-electron chi connectivity index (χ4n) is 2.05. The van der Waals surface area contributed by atoms with Crippen LogP contribution < -0.4 is 11.1 Å². The van der Waals surface area contributed by atoms with Gasteiger partial charge in [-0.2, -0.15) is 0 Å². The maximum Gasteiger partial charge on any atom is 0.169 e. The van der Waals surface area contributed by atoms with E-state index in [0.717, 1.165) is 30.4 Å². The molecule has 3 N–H and O–H groups in total. The average Bonchev–Trinajstić information content (AvgIpc) is 2.29. The van der Waals surface area contributed by atoms with Crippen molar-refractivity contribution in [1.82, 2.24) is 5.32 Å². The number of nitrogen functional groups attached to an aromatic ring is 1. The maximum atomic E-state index is 12.2. The van der Waals surface area contributed by atoms with Gasteiger partial charge in [0.15, 0.2) is 5.78 Å². The van der Waals surface area contributed by atoms with E-state index in [2.05, 4.69) is 21.2 Å². The minimum atomic E-state index is 0.0808. The Kier molecular flexibility index (Phi) is 3.61. The van der Waals surface area contributed by atoms with Crippen LogP contribution in [0.15, 0.2) is 22.7 Å². The SMILES string of the molecule is Nc1cc(Br)ccc1C(=O)C1CCCNC1. The molecule has 0 spiro atoms. The lowest BCUT2D eigenvalue weighted by Gasteiger charge is -2.22. The zero-order chi connectivity index (χ0) is 11.5. The highest BCUT2D eigenvalue weighted by atomic mass is 79.9. The Balaban J connectivity index is 2.19. The Morgan fingerprint density at radius 3 is 2.94 bits per heavy atom. The summed E-state index contributed by atoms with van der Waals surface area (Å²) >= 11 is 3.34. The van der Waals surface area contributed by atoms with Crippen LogP contribution in [0, 0.1) is 5.92 Å². The number of hydrogen-bond acceptors (Lipinski definition) is 3. The number of rotatable bonds is 2. The molecule has 1 unspecified atom stereocenters. The van der Waals surface area contributed by atoms with Gasteiger partial charge >= 0.3 is 0 Å². The van der Waals surface area contributed by atoms with Crippen LogP contribution in [0.5, 0.6) is 0 Å². The van der Waals surface area contributed by atoms with Crippen LogP contribution in [0.1, 0.15) is 23.2 Å². The molecule has 0 radical (unpaired) electrons. The van der Waals surface area contributed by atoms with Gasteiger partial charge in [0.25, 0.3) is 0 Å². The summed E-state index contributed by atoms with van der Waals surface area (Å²) in [5, 5.41) is 3.25. The topological polar surface area (TPSA) is 55.1 Å². The molecule has 0 amide bonds. The lowest BCUT2D eigenvalue weighted by Crippen LogP contribution is -2.34. The number of nitrogens with two attached hydrogens (primary N) is 1. The number of Topliss-reactive ketones (excluding diaryl/α,β-unsaturated/α-hetero) is 1. The fourth-order valence-corrected chi connectivity index (χ4v) is 2.43. The van der Waals surface area contributed by atoms with Crippen molar-refractivity contribution in [2.75, 3.05) is 18.8 Å². The van der Waals surface area contributed by atoms with Gasteiger partial charge in [0.1, 0.15) is 0 Å². The molecule has 0 aromatic heterocycles. The third-order valence-electron chi connectivity index (χ3n) is 2.95. The quantitative estimate of drug-likeness (QED) is 0.646. The number of nitrogens with one attached hydrogen (secondary N) is 1. The molecule has 1 atom stereocenters. The van der Waals surface area contributed by atoms with Crippen LogP contribution in [-0.2, 0) is 0 Å². The molecule has 1 aromatic carbocycles. The Labute approximate surface area is 104 Å². The van der Waals surface area contributed by atoms with Crippen molar-refractivity contribution in [3.05, 3.63) is 28.2 Å². The first kappa shape index (κ1) is 11.6. The van der Waals surface area contributed by atoms with Crippen molar-refractivity contribution in [2.45, 2.75) is 12.8 Å². The molecule has 1 aliphatic rings. The zero-order valence-electron chi connectivity index (χ0n) is 9.00. The third-order valence-corrected chi connectivity index (χ3v) is 3.44. The van der Waals surface area contributed by atoms with E-state index in [1.54, 1.807) is 12.1 Å². The molecule has 1 aromatic rings. The van der Waals surface area contributed by atoms with Gasteiger partial charge in [-0.1, -0.05) is 15.9 Å². The normalized spacial score (nSPS) is 20.7. The Bertz CT molecular complexity index is 400. The molecule has 0 bridgehead atoms. The first-order valence-corrected chi connectivity index (χ1v) is 6.28. The lowest BCUT2D eigenvalue weighted by atomic mass is 9.90. The minimum Gasteiger partial charge on any atom is -0.398 e. The number of carbonyl (C=O) groups excluding carboxylic acids is 1. The molecule has 1 fully saturated rings. The van der Waals surface area contributed by atoms with Gasteiger partial charge in [-0.15, -0.1) is 0 Å². The molecule has 0 aliphatic carbocycles. The molecule has 1 heterocycles. The maximum absolute atomic E-state index is 12.2. The Hall–Kier alpha value is -0.870. The number of ketones is 1. The molecule has 0 saturated carbocycles. The number of benzene rings is 1. The first-order chi connectivity index (χ1) is 7.68. The summed E-state index contributed by atoms with van der Waals surface area (Å²) in [7, 11) is 0. The van der Waals surface area contributed by atoms with E-state index in [4.69, 9.17) is 5.73 Å². The van der Waals surface area contributed by atoms with Gasteiger partial charge in [0.05, 0.1) is 0 Å². The predicted molar refractivity (Wildman–Crippen MR) is 68.5 cm³/mol. The van der Waals surface area contributed by atoms with Crippen molar-refractivity contribution in [2.24, 2.45) is 5.92 Å². The fraction of sp³-hybridized carbons (Fsp3) is 0.417. The van der Waals surface area contributed by atoms with E-state index < -0.39 is 0 Å². The molecule has 86 valence electrons. The second kappa shape index (κ2) is 4.97. The molecule has 1 aliphatic heterocycles. The van der Waals surface area contributed by atoms with E-state index in [1.165, 1.54) is 0 Å². The Morgan fingerprint density at radius 2 is 2.31 bits per heavy atom. The summed E-state index contributed by atoms with van der Waals surface area (Å²) in [6.45, 7) is 1.79. The van der Waals surface area contributed by atoms with E-state index in [-0.39, 0.29) is 11.7 Å². The molecular weight excluding hydrogens is 268 g/mol. The predicted octanol–water partition coefficient (Wildman–Crippen LogP) is 2.21. The van der Waals surface area contributed by atoms with Crippen molar-refractivity contribution < 1.29 is 4.79 Å². The summed E-state index contributed by atoms with van der Waals surface area (Å²) in [6.07, 6.45) is 2.02. The summed E-state index contributed by atoms with van der Waals surface area (Å²) in [6, 6.07) is 5.44. The summed E-state index contributed by atoms with van der Waals surface area (Å²) < 4.78 is 0.906. The van der Waals surface area contributed by atoms with Crippen LogP contribution in [0.2, 0.25) is 0 Å². The van der Waals surface area contributed by atoms with E-state index in [1.807, 2.05) is 6.07 Å². The summed E-state index contributed by atoms with van der Waals surface area (Å²) in [5.41, 5.74) is 7.07. The van der Waals surface area contributed by atoms with Gasteiger partial charge in [0, 0.05) is 28.2 Å². The number of piperidine rings is 1. The van der Waals surface area contributed by atoms with Gasteiger partial charge in [-0.25, -0.2) is 0 Å². The smallest absolute Gasteiger partial charge is 0.169 e. The second-order valence-electron chi connectivity index (χ2n) is 4.14. The van der Waals surface area contributed by atoms with Crippen LogP contribution in [0.4, 0.5) is 5.69 Å². The summed E-state index contributed by atoms with van der Waals surface area (Å²) in [4.78, 5) is 12.2. The number of carbonyl (C=O) groups is 1. The highest BCUT2D eigenvalue weighted by molar-refractivity contribution is 9.10. The average molecular weight is 283 g/mol. The van der Waals surface area contributed by atoms with Crippen LogP contribution >= 0.6 is 15.9 Å². The van der Waals surface area contributed by atoms with E-state index in [9.17, 15) is 4.79 Å². The molecule has 1 saturated heterocycles. The standard InChI is InChI=1S/C12H15BrN2O/c13-9-3-4-10(11(14)6-9)12(16)8-2-1-5-15-7-8/h3-4,6,8,15H,1-2,5,7,14H2. The largest absolute Gasteiger partial charge is 0.398 e. The molecule has 4 heteroatoms. The molecule has 3 nitrogen and oxygen atoms in total. The number of hydrogen-bond donors (Lipinski definition) is 2. The molecule has 16 heavy (non-hydrogen) atoms. The van der Waals surface area contributed by atoms with Gasteiger partial charge in [-0.05, 0) is 37.6 Å². The zero-order valence-corrected chi connectivity index (χ0v) is 10.6. The molecular formula is C12H15BrN2O. The number of anilines is 1. The van der Waals surface area contributed by atoms with E-state index >= 15 is 0 Å². The highest BCUT2D eigenvalue weighted by Gasteiger charge is 2.23. The monoisotopic (exact) mass is 282 g/mol. The van der Waals surface area contributed by atoms with Gasteiger partial charge < -0.3 is 11.1 Å². The van der Waals surface area contributed by atoms with Gasteiger partial charge in [-0.3, -0.25) is 4.79 Å². The van der Waals surface area contributed by atoms with Crippen LogP contribution in [0.3, 0.4) is 0 Å². The van der Waals surface area contributed by atoms with Crippen molar-refractivity contribution >= 4 is 27.4 Å². The van der Waals surface area contributed by atoms with E-state index in [0.29, 0.717) is 11.3 Å². The number of halogens is 1. The van der Waals surface area contributed by atoms with Crippen molar-refractivity contribution in [3.8, 4) is 0 Å². The van der Waals surface area contributed by atoms with Crippen LogP contribution in [0.25, 0.3) is 0 Å². The first-order valence-electron chi connectivity index (χ1n) is 5.48. The highest BCUT2D eigenvalue weighted by Crippen LogP contribution is 2.23. The lowest BCUT2D eigenvalue weighted by molar-refractivity contribution is 0.0900. The van der Waals surface area contributed by atoms with Gasteiger partial charge in [0.2, 0.25) is 0 Å². The molecule has 2 rings (SSSR count). The van der Waals surface area contributed by atoms with Crippen LogP contribution in [-0.4, -0.2) is 18.9 Å². The third kappa shape index (κ3) is 2.44. The Morgan fingerprint density at radius 1 is 1.50 bits per heavy atom. The van der Waals surface area contributed by atoms with Crippen molar-refractivity contribution in [1.29, 1.82) is 0 Å². The summed E-state index contributed by atoms with van der Waals surface area (Å²) in [5.74, 6) is 0.245.